The van der Waals surface area contributed by atoms with Gasteiger partial charge < -0.3 is 10.4 Å². The fraction of sp³-hybridized carbons (Fsp3) is 0.636. The van der Waals surface area contributed by atoms with Crippen LogP contribution in [0, 0.1) is 5.92 Å². The maximum atomic E-state index is 13.2. The van der Waals surface area contributed by atoms with Crippen molar-refractivity contribution in [1.29, 1.82) is 0 Å². The summed E-state index contributed by atoms with van der Waals surface area (Å²) in [4.78, 5) is 26.5. The number of carbonyl (C=O) groups excluding carboxylic acids is 1. The SMILES string of the molecule is O=C(O)CN(CC1CC1)C1CC(NC(=O)C2(c3ccccc3)CCCC2)C1. The average molecular weight is 370 g/mol. The summed E-state index contributed by atoms with van der Waals surface area (Å²) in [6.45, 7) is 1.02. The Morgan fingerprint density at radius 3 is 2.37 bits per heavy atom. The van der Waals surface area contributed by atoms with Crippen LogP contribution < -0.4 is 5.32 Å². The number of benzene rings is 1. The average Bonchev–Trinajstić information content (AvgIpc) is 3.29. The molecule has 0 aromatic heterocycles. The second-order valence-corrected chi connectivity index (χ2v) is 8.72. The maximum Gasteiger partial charge on any atom is 0.317 e. The molecule has 5 heteroatoms. The lowest BCUT2D eigenvalue weighted by Crippen LogP contribution is -2.57. The summed E-state index contributed by atoms with van der Waals surface area (Å²) in [5, 5.41) is 12.5. The Labute approximate surface area is 161 Å². The van der Waals surface area contributed by atoms with Gasteiger partial charge in [-0.25, -0.2) is 0 Å². The van der Waals surface area contributed by atoms with Crippen molar-refractivity contribution < 1.29 is 14.7 Å². The molecular formula is C22H30N2O3. The van der Waals surface area contributed by atoms with Crippen LogP contribution in [0.4, 0.5) is 0 Å². The summed E-state index contributed by atoms with van der Waals surface area (Å²) in [6.07, 6.45) is 8.24. The molecule has 1 aromatic carbocycles. The summed E-state index contributed by atoms with van der Waals surface area (Å²) in [6, 6.07) is 10.7. The fourth-order valence-corrected chi connectivity index (χ4v) is 4.86. The molecule has 3 fully saturated rings. The van der Waals surface area contributed by atoms with Crippen LogP contribution in [-0.4, -0.2) is 47.1 Å². The Bertz CT molecular complexity index is 674. The molecule has 3 aliphatic carbocycles. The predicted molar refractivity (Wildman–Crippen MR) is 103 cm³/mol. The number of amides is 1. The minimum Gasteiger partial charge on any atom is -0.480 e. The van der Waals surface area contributed by atoms with Crippen LogP contribution in [0.1, 0.15) is 56.9 Å². The zero-order valence-corrected chi connectivity index (χ0v) is 15.9. The number of nitrogens with zero attached hydrogens (tertiary/aromatic N) is 1. The van der Waals surface area contributed by atoms with E-state index in [1.54, 1.807) is 0 Å². The molecule has 0 saturated heterocycles. The zero-order chi connectivity index (χ0) is 18.9. The van der Waals surface area contributed by atoms with E-state index in [4.69, 9.17) is 0 Å². The van der Waals surface area contributed by atoms with E-state index < -0.39 is 5.97 Å². The molecule has 1 amide bonds. The van der Waals surface area contributed by atoms with Crippen LogP contribution >= 0.6 is 0 Å². The quantitative estimate of drug-likeness (QED) is 0.738. The highest BCUT2D eigenvalue weighted by Crippen LogP contribution is 2.42. The Kier molecular flexibility index (Phi) is 5.22. The molecule has 5 nitrogen and oxygen atoms in total. The second-order valence-electron chi connectivity index (χ2n) is 8.72. The van der Waals surface area contributed by atoms with E-state index in [9.17, 15) is 14.7 Å². The van der Waals surface area contributed by atoms with Gasteiger partial charge in [0.1, 0.15) is 0 Å². The number of hydrogen-bond donors (Lipinski definition) is 2. The molecule has 0 aliphatic heterocycles. The van der Waals surface area contributed by atoms with Gasteiger partial charge in [0.05, 0.1) is 12.0 Å². The van der Waals surface area contributed by atoms with Crippen molar-refractivity contribution >= 4 is 11.9 Å². The predicted octanol–water partition coefficient (Wildman–Crippen LogP) is 2.94. The van der Waals surface area contributed by atoms with E-state index in [-0.39, 0.29) is 23.9 Å². The van der Waals surface area contributed by atoms with E-state index >= 15 is 0 Å². The number of rotatable bonds is 8. The van der Waals surface area contributed by atoms with E-state index in [2.05, 4.69) is 22.3 Å². The van der Waals surface area contributed by atoms with Gasteiger partial charge in [0.15, 0.2) is 0 Å². The molecular weight excluding hydrogens is 340 g/mol. The lowest BCUT2D eigenvalue weighted by atomic mass is 9.76. The van der Waals surface area contributed by atoms with Gasteiger partial charge in [-0.2, -0.15) is 0 Å². The molecule has 0 unspecified atom stereocenters. The summed E-state index contributed by atoms with van der Waals surface area (Å²) in [5.41, 5.74) is 0.762. The third-order valence-electron chi connectivity index (χ3n) is 6.71. The number of carboxylic acid groups (broad SMARTS) is 1. The summed E-state index contributed by atoms with van der Waals surface area (Å²) < 4.78 is 0. The Morgan fingerprint density at radius 1 is 1.11 bits per heavy atom. The summed E-state index contributed by atoms with van der Waals surface area (Å²) in [7, 11) is 0. The van der Waals surface area contributed by atoms with Crippen LogP contribution in [0.25, 0.3) is 0 Å². The molecule has 27 heavy (non-hydrogen) atoms. The highest BCUT2D eigenvalue weighted by molar-refractivity contribution is 5.89. The van der Waals surface area contributed by atoms with Crippen molar-refractivity contribution in [2.24, 2.45) is 5.92 Å². The molecule has 3 aliphatic rings. The largest absolute Gasteiger partial charge is 0.480 e. The zero-order valence-electron chi connectivity index (χ0n) is 15.9. The van der Waals surface area contributed by atoms with Crippen LogP contribution in [0.15, 0.2) is 30.3 Å². The van der Waals surface area contributed by atoms with Gasteiger partial charge in [-0.05, 0) is 50.0 Å². The van der Waals surface area contributed by atoms with Crippen molar-refractivity contribution in [2.75, 3.05) is 13.1 Å². The molecule has 4 rings (SSSR count). The second kappa shape index (κ2) is 7.63. The van der Waals surface area contributed by atoms with Gasteiger partial charge in [0.2, 0.25) is 5.91 Å². The standard InChI is InChI=1S/C22H30N2O3/c25-20(26)15-24(14-16-8-9-16)19-12-18(13-19)23-21(27)22(10-4-5-11-22)17-6-2-1-3-7-17/h1-3,6-7,16,18-19H,4-5,8-15H2,(H,23,27)(H,25,26). The van der Waals surface area contributed by atoms with E-state index in [1.807, 2.05) is 18.2 Å². The number of carboxylic acids is 1. The molecule has 146 valence electrons. The fourth-order valence-electron chi connectivity index (χ4n) is 4.86. The van der Waals surface area contributed by atoms with Crippen LogP contribution in [0.2, 0.25) is 0 Å². The van der Waals surface area contributed by atoms with Crippen molar-refractivity contribution in [1.82, 2.24) is 10.2 Å². The lowest BCUT2D eigenvalue weighted by Gasteiger charge is -2.44. The number of aliphatic carboxylic acids is 1. The van der Waals surface area contributed by atoms with Crippen LogP contribution in [0.5, 0.6) is 0 Å². The van der Waals surface area contributed by atoms with E-state index in [0.29, 0.717) is 12.0 Å². The molecule has 0 heterocycles. The molecule has 0 atom stereocenters. The smallest absolute Gasteiger partial charge is 0.317 e. The van der Waals surface area contributed by atoms with Crippen molar-refractivity contribution in [3.8, 4) is 0 Å². The molecule has 1 aromatic rings. The van der Waals surface area contributed by atoms with Gasteiger partial charge in [-0.1, -0.05) is 43.2 Å². The van der Waals surface area contributed by atoms with Crippen molar-refractivity contribution in [3.63, 3.8) is 0 Å². The Hall–Kier alpha value is -1.88. The first kappa shape index (κ1) is 18.5. The first-order valence-corrected chi connectivity index (χ1v) is 10.4. The first-order valence-electron chi connectivity index (χ1n) is 10.4. The number of nitrogens with one attached hydrogen (secondary N) is 1. The molecule has 0 spiro atoms. The monoisotopic (exact) mass is 370 g/mol. The van der Waals surface area contributed by atoms with Crippen molar-refractivity contribution in [2.45, 2.75) is 68.9 Å². The molecule has 0 bridgehead atoms. The van der Waals surface area contributed by atoms with Crippen LogP contribution in [0.3, 0.4) is 0 Å². The number of carbonyl (C=O) groups is 2. The van der Waals surface area contributed by atoms with Gasteiger partial charge >= 0.3 is 5.97 Å². The number of hydrogen-bond acceptors (Lipinski definition) is 3. The van der Waals surface area contributed by atoms with E-state index in [1.165, 1.54) is 12.8 Å². The molecule has 0 radical (unpaired) electrons. The van der Waals surface area contributed by atoms with Gasteiger partial charge in [0.25, 0.3) is 0 Å². The topological polar surface area (TPSA) is 69.6 Å². The van der Waals surface area contributed by atoms with Gasteiger partial charge in [0, 0.05) is 18.6 Å². The molecule has 3 saturated carbocycles. The minimum atomic E-state index is -0.753. The Balaban J connectivity index is 1.35. The van der Waals surface area contributed by atoms with Gasteiger partial charge in [-0.3, -0.25) is 14.5 Å². The normalized spacial score (nSPS) is 26.6. The Morgan fingerprint density at radius 2 is 1.78 bits per heavy atom. The highest BCUT2D eigenvalue weighted by Gasteiger charge is 2.45. The minimum absolute atomic E-state index is 0.121. The maximum absolute atomic E-state index is 13.2. The summed E-state index contributed by atoms with van der Waals surface area (Å²) in [5.74, 6) is 0.0941. The third kappa shape index (κ3) is 4.03. The highest BCUT2D eigenvalue weighted by atomic mass is 16.4. The first-order chi connectivity index (χ1) is 13.1. The van der Waals surface area contributed by atoms with Crippen molar-refractivity contribution in [3.05, 3.63) is 35.9 Å². The third-order valence-corrected chi connectivity index (χ3v) is 6.71. The molecule has 2 N–H and O–H groups in total. The van der Waals surface area contributed by atoms with E-state index in [0.717, 1.165) is 50.6 Å². The van der Waals surface area contributed by atoms with Crippen LogP contribution in [-0.2, 0) is 15.0 Å². The summed E-state index contributed by atoms with van der Waals surface area (Å²) >= 11 is 0. The lowest BCUT2D eigenvalue weighted by molar-refractivity contribution is -0.140. The van der Waals surface area contributed by atoms with Gasteiger partial charge in [-0.15, -0.1) is 0 Å².